The Morgan fingerprint density at radius 1 is 1.14 bits per heavy atom. The molecule has 0 amide bonds. The zero-order valence-corrected chi connectivity index (χ0v) is 11.9. The Morgan fingerprint density at radius 3 is 2.68 bits per heavy atom. The van der Waals surface area contributed by atoms with Crippen LogP contribution in [0.4, 0.5) is 5.69 Å². The summed E-state index contributed by atoms with van der Waals surface area (Å²) < 4.78 is 5.93. The van der Waals surface area contributed by atoms with Gasteiger partial charge < -0.3 is 4.74 Å². The molecule has 2 aromatic carbocycles. The van der Waals surface area contributed by atoms with Crippen molar-refractivity contribution in [3.63, 3.8) is 0 Å². The number of nitro groups is 1. The molecule has 0 spiro atoms. The highest BCUT2D eigenvalue weighted by molar-refractivity contribution is 5.38. The summed E-state index contributed by atoms with van der Waals surface area (Å²) in [6, 6.07) is 15.4. The van der Waals surface area contributed by atoms with Crippen LogP contribution in [0, 0.1) is 16.0 Å². The first-order chi connectivity index (χ1) is 10.7. The average Bonchev–Trinajstić information content (AvgIpc) is 2.92. The van der Waals surface area contributed by atoms with Gasteiger partial charge in [0.05, 0.1) is 11.5 Å². The summed E-state index contributed by atoms with van der Waals surface area (Å²) in [5.74, 6) is 0.465. The number of rotatable bonds is 2. The number of nitro benzene ring substituents is 1. The van der Waals surface area contributed by atoms with E-state index >= 15 is 0 Å². The SMILES string of the molecule is O=[N+]([O-])c1ccc([C@@H]2N[C@@H]3c4ccccc4C[C@@H]3CO2)cc1. The number of ether oxygens (including phenoxy) is 1. The summed E-state index contributed by atoms with van der Waals surface area (Å²) in [6.07, 6.45) is 0.828. The molecule has 1 aliphatic heterocycles. The van der Waals surface area contributed by atoms with Crippen LogP contribution in [0.5, 0.6) is 0 Å². The molecule has 1 aliphatic carbocycles. The molecule has 4 rings (SSSR count). The minimum atomic E-state index is -0.387. The summed E-state index contributed by atoms with van der Waals surface area (Å²) in [5, 5.41) is 14.3. The molecule has 0 unspecified atom stereocenters. The van der Waals surface area contributed by atoms with Crippen molar-refractivity contribution in [2.24, 2.45) is 5.92 Å². The molecule has 2 aliphatic rings. The highest BCUT2D eigenvalue weighted by Gasteiger charge is 2.38. The third-order valence-corrected chi connectivity index (χ3v) is 4.56. The normalized spacial score (nSPS) is 26.3. The van der Waals surface area contributed by atoms with Gasteiger partial charge in [0.25, 0.3) is 5.69 Å². The van der Waals surface area contributed by atoms with E-state index in [1.807, 2.05) is 0 Å². The minimum absolute atomic E-state index is 0.101. The zero-order valence-electron chi connectivity index (χ0n) is 11.9. The van der Waals surface area contributed by atoms with E-state index in [-0.39, 0.29) is 16.8 Å². The largest absolute Gasteiger partial charge is 0.359 e. The molecular formula is C17H16N2O3. The fraction of sp³-hybridized carbons (Fsp3) is 0.294. The number of hydrogen-bond donors (Lipinski definition) is 1. The number of fused-ring (bicyclic) bond motifs is 3. The summed E-state index contributed by atoms with van der Waals surface area (Å²) >= 11 is 0. The Hall–Kier alpha value is -2.24. The van der Waals surface area contributed by atoms with Crippen molar-refractivity contribution < 1.29 is 9.66 Å². The molecule has 1 heterocycles. The fourth-order valence-electron chi connectivity index (χ4n) is 3.45. The number of benzene rings is 2. The predicted octanol–water partition coefficient (Wildman–Crippen LogP) is 3.13. The lowest BCUT2D eigenvalue weighted by Crippen LogP contribution is -2.39. The van der Waals surface area contributed by atoms with Gasteiger partial charge in [0.1, 0.15) is 6.23 Å². The van der Waals surface area contributed by atoms with Gasteiger partial charge in [-0.25, -0.2) is 0 Å². The molecule has 2 aromatic rings. The van der Waals surface area contributed by atoms with E-state index in [1.54, 1.807) is 12.1 Å². The van der Waals surface area contributed by atoms with Gasteiger partial charge in [0.15, 0.2) is 0 Å². The first-order valence-electron chi connectivity index (χ1n) is 7.42. The second kappa shape index (κ2) is 5.19. The molecule has 5 heteroatoms. The first-order valence-corrected chi connectivity index (χ1v) is 7.42. The van der Waals surface area contributed by atoms with Crippen LogP contribution in [-0.4, -0.2) is 11.5 Å². The molecule has 0 aromatic heterocycles. The molecule has 0 radical (unpaired) electrons. The zero-order chi connectivity index (χ0) is 15.1. The van der Waals surface area contributed by atoms with Crippen molar-refractivity contribution in [2.75, 3.05) is 6.61 Å². The van der Waals surface area contributed by atoms with E-state index in [0.717, 1.165) is 12.0 Å². The van der Waals surface area contributed by atoms with Crippen LogP contribution in [-0.2, 0) is 11.2 Å². The van der Waals surface area contributed by atoms with Gasteiger partial charge in [-0.3, -0.25) is 15.4 Å². The van der Waals surface area contributed by atoms with Crippen molar-refractivity contribution in [1.29, 1.82) is 0 Å². The Morgan fingerprint density at radius 2 is 1.91 bits per heavy atom. The lowest BCUT2D eigenvalue weighted by Gasteiger charge is -2.34. The van der Waals surface area contributed by atoms with E-state index in [1.165, 1.54) is 23.3 Å². The molecule has 1 saturated heterocycles. The third kappa shape index (κ3) is 2.19. The highest BCUT2D eigenvalue weighted by Crippen LogP contribution is 2.41. The molecule has 1 fully saturated rings. The van der Waals surface area contributed by atoms with E-state index < -0.39 is 0 Å². The average molecular weight is 296 g/mol. The van der Waals surface area contributed by atoms with Gasteiger partial charge in [-0.1, -0.05) is 24.3 Å². The van der Waals surface area contributed by atoms with Crippen LogP contribution in [0.1, 0.15) is 29.0 Å². The summed E-state index contributed by atoms with van der Waals surface area (Å²) in [5.41, 5.74) is 3.76. The van der Waals surface area contributed by atoms with Gasteiger partial charge in [-0.15, -0.1) is 0 Å². The summed E-state index contributed by atoms with van der Waals surface area (Å²) in [7, 11) is 0. The standard InChI is InChI=1S/C17H16N2O3/c20-19(21)14-7-5-11(6-8-14)17-18-16-13(10-22-17)9-12-3-1-2-4-15(12)16/h1-8,13,16-18H,9-10H2/t13-,16+,17-/m1/s1. The van der Waals surface area contributed by atoms with Crippen molar-refractivity contribution >= 4 is 5.69 Å². The Balaban J connectivity index is 1.57. The van der Waals surface area contributed by atoms with Gasteiger partial charge in [-0.2, -0.15) is 0 Å². The number of non-ortho nitro benzene ring substituents is 1. The maximum atomic E-state index is 10.7. The lowest BCUT2D eigenvalue weighted by molar-refractivity contribution is -0.384. The van der Waals surface area contributed by atoms with Crippen LogP contribution in [0.25, 0.3) is 0 Å². The topological polar surface area (TPSA) is 64.4 Å². The molecule has 5 nitrogen and oxygen atoms in total. The lowest BCUT2D eigenvalue weighted by atomic mass is 9.98. The van der Waals surface area contributed by atoms with Crippen LogP contribution in [0.15, 0.2) is 48.5 Å². The first kappa shape index (κ1) is 13.4. The van der Waals surface area contributed by atoms with Crippen molar-refractivity contribution in [2.45, 2.75) is 18.7 Å². The maximum Gasteiger partial charge on any atom is 0.269 e. The second-order valence-corrected chi connectivity index (χ2v) is 5.87. The molecule has 112 valence electrons. The van der Waals surface area contributed by atoms with E-state index in [4.69, 9.17) is 4.74 Å². The Labute approximate surface area is 128 Å². The highest BCUT2D eigenvalue weighted by atomic mass is 16.6. The quantitative estimate of drug-likeness (QED) is 0.683. The molecular weight excluding hydrogens is 280 g/mol. The molecule has 22 heavy (non-hydrogen) atoms. The number of nitrogens with zero attached hydrogens (tertiary/aromatic N) is 1. The molecule has 3 atom stereocenters. The number of hydrogen-bond acceptors (Lipinski definition) is 4. The molecule has 0 saturated carbocycles. The van der Waals surface area contributed by atoms with E-state index in [2.05, 4.69) is 29.6 Å². The monoisotopic (exact) mass is 296 g/mol. The van der Waals surface area contributed by atoms with Crippen molar-refractivity contribution in [1.82, 2.24) is 5.32 Å². The van der Waals surface area contributed by atoms with Gasteiger partial charge in [-0.05, 0) is 35.2 Å². The molecule has 0 bridgehead atoms. The van der Waals surface area contributed by atoms with E-state index in [0.29, 0.717) is 18.6 Å². The maximum absolute atomic E-state index is 10.7. The smallest absolute Gasteiger partial charge is 0.269 e. The predicted molar refractivity (Wildman–Crippen MR) is 81.3 cm³/mol. The van der Waals surface area contributed by atoms with Crippen LogP contribution in [0.2, 0.25) is 0 Å². The molecule has 1 N–H and O–H groups in total. The Bertz CT molecular complexity index is 714. The number of nitrogens with one attached hydrogen (secondary N) is 1. The second-order valence-electron chi connectivity index (χ2n) is 5.87. The fourth-order valence-corrected chi connectivity index (χ4v) is 3.45. The van der Waals surface area contributed by atoms with Crippen LogP contribution < -0.4 is 5.32 Å². The summed E-state index contributed by atoms with van der Waals surface area (Å²) in [6.45, 7) is 0.702. The minimum Gasteiger partial charge on any atom is -0.359 e. The van der Waals surface area contributed by atoms with Crippen molar-refractivity contribution in [3.05, 3.63) is 75.3 Å². The van der Waals surface area contributed by atoms with Gasteiger partial charge in [0.2, 0.25) is 0 Å². The van der Waals surface area contributed by atoms with Gasteiger partial charge in [0, 0.05) is 24.1 Å². The van der Waals surface area contributed by atoms with E-state index in [9.17, 15) is 10.1 Å². The van der Waals surface area contributed by atoms with Gasteiger partial charge >= 0.3 is 0 Å². The van der Waals surface area contributed by atoms with Crippen LogP contribution in [0.3, 0.4) is 0 Å². The summed E-state index contributed by atoms with van der Waals surface area (Å²) in [4.78, 5) is 10.3. The van der Waals surface area contributed by atoms with Crippen molar-refractivity contribution in [3.8, 4) is 0 Å². The third-order valence-electron chi connectivity index (χ3n) is 4.56. The Kier molecular flexibility index (Phi) is 3.17. The van der Waals surface area contributed by atoms with Crippen LogP contribution >= 0.6 is 0 Å².